The summed E-state index contributed by atoms with van der Waals surface area (Å²) in [7, 11) is 0. The minimum Gasteiger partial charge on any atom is -0.740 e. The van der Waals surface area contributed by atoms with Crippen molar-refractivity contribution in [2.75, 3.05) is 0 Å². The first-order chi connectivity index (χ1) is 8.02. The van der Waals surface area contributed by atoms with Gasteiger partial charge in [-0.25, -0.2) is 18.7 Å². The fourth-order valence-electron chi connectivity index (χ4n) is 1.98. The van der Waals surface area contributed by atoms with Crippen LogP contribution < -0.4 is 10.4 Å². The van der Waals surface area contributed by atoms with Crippen LogP contribution in [-0.2, 0) is 13.1 Å². The third-order valence-electron chi connectivity index (χ3n) is 2.73. The van der Waals surface area contributed by atoms with Crippen molar-refractivity contribution in [2.24, 2.45) is 0 Å². The summed E-state index contributed by atoms with van der Waals surface area (Å²) in [6, 6.07) is 0. The summed E-state index contributed by atoms with van der Waals surface area (Å²) in [6.45, 7) is 4.23. The molecule has 2 rings (SSSR count). The molecule has 2 aromatic heterocycles. The fourth-order valence-corrected chi connectivity index (χ4v) is 1.98. The average Bonchev–Trinajstić information content (AvgIpc) is 2.73. The molecule has 94 valence electrons. The van der Waals surface area contributed by atoms with E-state index in [1.165, 1.54) is 15.5 Å². The monoisotopic (exact) mass is 242 g/mol. The minimum atomic E-state index is -1.96. The van der Waals surface area contributed by atoms with Crippen molar-refractivity contribution in [1.29, 1.82) is 0 Å². The fraction of sp³-hybridized carbons (Fsp3) is 0.556. The zero-order valence-electron chi connectivity index (χ0n) is 9.57. The van der Waals surface area contributed by atoms with E-state index in [1.807, 2.05) is 0 Å². The Morgan fingerprint density at radius 3 is 2.53 bits per heavy atom. The molecule has 8 heteroatoms. The smallest absolute Gasteiger partial charge is 0.393 e. The predicted molar refractivity (Wildman–Crippen MR) is 58.0 cm³/mol. The summed E-state index contributed by atoms with van der Waals surface area (Å²) in [6.07, 6.45) is -0.687. The largest absolute Gasteiger partial charge is 0.740 e. The first kappa shape index (κ1) is 11.7. The molecule has 0 atom stereocenters. The number of nitrogens with zero attached hydrogens (tertiary/aromatic N) is 4. The number of hydrogen-bond acceptors (Lipinski definition) is 4. The van der Waals surface area contributed by atoms with Gasteiger partial charge in [-0.1, -0.05) is 0 Å². The molecule has 0 saturated heterocycles. The number of rotatable bonds is 3. The third-order valence-corrected chi connectivity index (χ3v) is 2.73. The zero-order chi connectivity index (χ0) is 12.7. The van der Waals surface area contributed by atoms with E-state index in [4.69, 9.17) is 0 Å². The molecule has 0 unspecified atom stereocenters. The van der Waals surface area contributed by atoms with Crippen molar-refractivity contribution in [3.63, 3.8) is 0 Å². The second kappa shape index (κ2) is 3.90. The first-order valence-corrected chi connectivity index (χ1v) is 5.32. The van der Waals surface area contributed by atoms with Crippen LogP contribution in [0.5, 0.6) is 0 Å². The summed E-state index contributed by atoms with van der Waals surface area (Å²) in [4.78, 5) is 11.9. The molecule has 0 aliphatic rings. The number of aliphatic hydroxyl groups excluding tert-OH is 1. The lowest BCUT2D eigenvalue weighted by atomic mass is 10.6. The molecule has 0 aromatic carbocycles. The van der Waals surface area contributed by atoms with Crippen LogP contribution in [0.2, 0.25) is 0 Å². The Kier molecular flexibility index (Phi) is 2.68. The quantitative estimate of drug-likeness (QED) is 0.398. The van der Waals surface area contributed by atoms with Gasteiger partial charge in [-0.3, -0.25) is 0 Å². The number of imidazole rings is 2. The molecule has 0 fully saturated rings. The topological polar surface area (TPSA) is 99.3 Å². The first-order valence-electron chi connectivity index (χ1n) is 5.32. The van der Waals surface area contributed by atoms with Crippen LogP contribution in [0.1, 0.15) is 20.3 Å². The highest BCUT2D eigenvalue weighted by Crippen LogP contribution is 2.12. The van der Waals surface area contributed by atoms with Crippen molar-refractivity contribution >= 4 is 11.3 Å². The van der Waals surface area contributed by atoms with E-state index < -0.39 is 12.1 Å². The molecule has 0 radical (unpaired) electrons. The van der Waals surface area contributed by atoms with Crippen LogP contribution in [0.25, 0.3) is 11.3 Å². The summed E-state index contributed by atoms with van der Waals surface area (Å²) >= 11 is 0. The molecule has 0 amide bonds. The van der Waals surface area contributed by atoms with Crippen molar-refractivity contribution in [3.05, 3.63) is 22.0 Å². The Hall–Kier alpha value is -1.80. The van der Waals surface area contributed by atoms with Gasteiger partial charge in [0.15, 0.2) is 6.33 Å². The van der Waals surface area contributed by atoms with E-state index >= 15 is 0 Å². The van der Waals surface area contributed by atoms with Crippen LogP contribution in [0.3, 0.4) is 0 Å². The van der Waals surface area contributed by atoms with E-state index in [1.54, 1.807) is 13.8 Å². The lowest BCUT2D eigenvalue weighted by molar-refractivity contribution is -0.581. The average molecular weight is 242 g/mol. The molecule has 17 heavy (non-hydrogen) atoms. The molecule has 2 aromatic rings. The van der Waals surface area contributed by atoms with E-state index in [2.05, 4.69) is 0 Å². The maximum Gasteiger partial charge on any atom is 0.393 e. The van der Waals surface area contributed by atoms with E-state index in [9.17, 15) is 20.2 Å². The Morgan fingerprint density at radius 1 is 1.41 bits per heavy atom. The Labute approximate surface area is 96.1 Å². The summed E-state index contributed by atoms with van der Waals surface area (Å²) in [5.74, 6) is 0. The third kappa shape index (κ3) is 1.45. The van der Waals surface area contributed by atoms with Crippen molar-refractivity contribution in [3.8, 4) is 0 Å². The molecule has 0 saturated carbocycles. The van der Waals surface area contributed by atoms with Gasteiger partial charge in [0, 0.05) is 0 Å². The number of aryl methyl sites for hydroxylation is 2. The second-order valence-corrected chi connectivity index (χ2v) is 3.62. The molecular formula is C9H14N4O4. The highest BCUT2D eigenvalue weighted by atomic mass is 16.5. The van der Waals surface area contributed by atoms with Crippen molar-refractivity contribution in [2.45, 2.75) is 33.4 Å². The van der Waals surface area contributed by atoms with Gasteiger partial charge in [0.25, 0.3) is 11.3 Å². The molecule has 2 N–H and O–H groups in total. The number of aromatic nitrogens is 4. The Bertz CT molecular complexity index is 607. The number of fused-ring (bicyclic) bond motifs is 1. The maximum absolute atomic E-state index is 11.9. The van der Waals surface area contributed by atoms with E-state index in [0.717, 1.165) is 4.57 Å². The number of aliphatic hydroxyl groups is 2. The Balaban J connectivity index is 2.97. The van der Waals surface area contributed by atoms with Crippen LogP contribution in [0, 0.1) is 5.21 Å². The predicted octanol–water partition coefficient (Wildman–Crippen LogP) is -1.28. The van der Waals surface area contributed by atoms with Crippen molar-refractivity contribution in [1.82, 2.24) is 13.7 Å². The summed E-state index contributed by atoms with van der Waals surface area (Å²) < 4.78 is 4.04. The minimum absolute atomic E-state index is 0.132. The van der Waals surface area contributed by atoms with Gasteiger partial charge in [0.2, 0.25) is 6.41 Å². The standard InChI is InChI=1S/C9H14N4O4/c1-3-10-5-12(17)7-6(10)13(9(15)16)8(14)11(7)4-2/h5,9,15-16H,3-4H2,1-2H3. The molecule has 0 spiro atoms. The van der Waals surface area contributed by atoms with Gasteiger partial charge >= 0.3 is 5.69 Å². The van der Waals surface area contributed by atoms with E-state index in [0.29, 0.717) is 11.3 Å². The highest BCUT2D eigenvalue weighted by Gasteiger charge is 2.27. The molecular weight excluding hydrogens is 228 g/mol. The maximum atomic E-state index is 11.9. The number of hydrogen-bond donors (Lipinski definition) is 2. The second-order valence-electron chi connectivity index (χ2n) is 3.62. The highest BCUT2D eigenvalue weighted by molar-refractivity contribution is 5.64. The van der Waals surface area contributed by atoms with E-state index in [-0.39, 0.29) is 17.8 Å². The van der Waals surface area contributed by atoms with Crippen LogP contribution in [0.15, 0.2) is 11.1 Å². The molecule has 8 nitrogen and oxygen atoms in total. The lowest BCUT2D eigenvalue weighted by Crippen LogP contribution is -2.32. The van der Waals surface area contributed by atoms with Crippen molar-refractivity contribution < 1.29 is 14.9 Å². The lowest BCUT2D eigenvalue weighted by Gasteiger charge is -2.03. The van der Waals surface area contributed by atoms with Gasteiger partial charge in [-0.2, -0.15) is 4.57 Å². The molecule has 0 aliphatic carbocycles. The molecule has 2 heterocycles. The SMILES string of the molecule is CCn1c[n+]([O-])c2c1n(C(O)O)c(=O)n2CC. The van der Waals surface area contributed by atoms with Gasteiger partial charge in [-0.05, 0) is 13.8 Å². The summed E-state index contributed by atoms with van der Waals surface area (Å²) in [5.41, 5.74) is -0.267. The van der Waals surface area contributed by atoms with Crippen LogP contribution in [0.4, 0.5) is 0 Å². The van der Waals surface area contributed by atoms with Gasteiger partial charge < -0.3 is 15.4 Å². The van der Waals surface area contributed by atoms with Crippen LogP contribution in [-0.4, -0.2) is 23.9 Å². The van der Waals surface area contributed by atoms with Gasteiger partial charge in [0.05, 0.1) is 13.1 Å². The van der Waals surface area contributed by atoms with Gasteiger partial charge in [0.1, 0.15) is 0 Å². The summed E-state index contributed by atoms with van der Waals surface area (Å²) in [5, 5.41) is 30.1. The van der Waals surface area contributed by atoms with Crippen LogP contribution >= 0.6 is 0 Å². The normalized spacial score (nSPS) is 11.8. The molecule has 0 aliphatic heterocycles. The zero-order valence-corrected chi connectivity index (χ0v) is 9.57. The molecule has 0 bridgehead atoms. The van der Waals surface area contributed by atoms with Gasteiger partial charge in [-0.15, -0.1) is 0 Å². The Morgan fingerprint density at radius 2 is 2.06 bits per heavy atom.